The standard InChI is InChI=1S/C18H17BrN2/c1-12-15(19)8-10-18-20-16-9-7-14(11-17(16)21(12)18)13-5-3-2-4-6-13/h2-6,8,10,14H,7,9,11H2,1H3. The van der Waals surface area contributed by atoms with Crippen molar-refractivity contribution < 1.29 is 0 Å². The minimum atomic E-state index is 0.608. The van der Waals surface area contributed by atoms with Gasteiger partial charge in [-0.1, -0.05) is 30.3 Å². The van der Waals surface area contributed by atoms with E-state index in [4.69, 9.17) is 4.98 Å². The van der Waals surface area contributed by atoms with E-state index in [9.17, 15) is 0 Å². The van der Waals surface area contributed by atoms with Crippen molar-refractivity contribution in [3.63, 3.8) is 0 Å². The highest BCUT2D eigenvalue weighted by Gasteiger charge is 2.25. The second-order valence-corrected chi connectivity index (χ2v) is 6.67. The van der Waals surface area contributed by atoms with Gasteiger partial charge in [-0.2, -0.15) is 0 Å². The van der Waals surface area contributed by atoms with E-state index in [0.29, 0.717) is 5.92 Å². The average Bonchev–Trinajstić information content (AvgIpc) is 2.90. The van der Waals surface area contributed by atoms with Gasteiger partial charge in [0.1, 0.15) is 5.65 Å². The Morgan fingerprint density at radius 1 is 1.14 bits per heavy atom. The Morgan fingerprint density at radius 3 is 2.76 bits per heavy atom. The highest BCUT2D eigenvalue weighted by atomic mass is 79.9. The number of rotatable bonds is 1. The normalized spacial score (nSPS) is 17.9. The van der Waals surface area contributed by atoms with Gasteiger partial charge < -0.3 is 0 Å². The second kappa shape index (κ2) is 4.99. The zero-order chi connectivity index (χ0) is 14.4. The summed E-state index contributed by atoms with van der Waals surface area (Å²) in [4.78, 5) is 4.83. The van der Waals surface area contributed by atoms with Crippen molar-refractivity contribution in [1.82, 2.24) is 9.38 Å². The van der Waals surface area contributed by atoms with Crippen LogP contribution >= 0.6 is 15.9 Å². The lowest BCUT2D eigenvalue weighted by atomic mass is 9.84. The van der Waals surface area contributed by atoms with Crippen LogP contribution in [0.5, 0.6) is 0 Å². The van der Waals surface area contributed by atoms with Crippen molar-refractivity contribution in [3.8, 4) is 0 Å². The molecular weight excluding hydrogens is 324 g/mol. The van der Waals surface area contributed by atoms with E-state index >= 15 is 0 Å². The van der Waals surface area contributed by atoms with Crippen LogP contribution < -0.4 is 0 Å². The maximum atomic E-state index is 4.83. The lowest BCUT2D eigenvalue weighted by molar-refractivity contribution is 0.566. The SMILES string of the molecule is Cc1c(Br)ccc2nc3c(n12)CC(c1ccccc1)CC3. The van der Waals surface area contributed by atoms with Crippen LogP contribution in [0.4, 0.5) is 0 Å². The van der Waals surface area contributed by atoms with Crippen LogP contribution in [0.3, 0.4) is 0 Å². The summed E-state index contributed by atoms with van der Waals surface area (Å²) in [5.74, 6) is 0.608. The van der Waals surface area contributed by atoms with Gasteiger partial charge in [-0.05, 0) is 65.7 Å². The molecule has 2 nitrogen and oxygen atoms in total. The molecule has 1 aliphatic carbocycles. The first-order valence-electron chi connectivity index (χ1n) is 7.44. The van der Waals surface area contributed by atoms with E-state index in [1.165, 1.54) is 29.1 Å². The van der Waals surface area contributed by atoms with E-state index in [-0.39, 0.29) is 0 Å². The van der Waals surface area contributed by atoms with Gasteiger partial charge in [0.25, 0.3) is 0 Å². The molecule has 0 fully saturated rings. The molecule has 1 aliphatic rings. The number of benzene rings is 1. The predicted molar refractivity (Wildman–Crippen MR) is 88.8 cm³/mol. The van der Waals surface area contributed by atoms with Crippen LogP contribution in [0.2, 0.25) is 0 Å². The third-order valence-electron chi connectivity index (χ3n) is 4.58. The van der Waals surface area contributed by atoms with Gasteiger partial charge in [0.2, 0.25) is 0 Å². The molecule has 1 atom stereocenters. The molecular formula is C18H17BrN2. The largest absolute Gasteiger partial charge is 0.300 e. The summed E-state index contributed by atoms with van der Waals surface area (Å²) in [6.45, 7) is 2.16. The topological polar surface area (TPSA) is 17.3 Å². The molecule has 0 aliphatic heterocycles. The lowest BCUT2D eigenvalue weighted by Gasteiger charge is -2.23. The molecule has 2 aromatic heterocycles. The highest BCUT2D eigenvalue weighted by Crippen LogP contribution is 2.34. The number of halogens is 1. The molecule has 0 amide bonds. The van der Waals surface area contributed by atoms with Crippen LogP contribution in [0.15, 0.2) is 46.9 Å². The van der Waals surface area contributed by atoms with Crippen LogP contribution in [-0.4, -0.2) is 9.38 Å². The second-order valence-electron chi connectivity index (χ2n) is 5.82. The molecule has 106 valence electrons. The average molecular weight is 341 g/mol. The highest BCUT2D eigenvalue weighted by molar-refractivity contribution is 9.10. The number of fused-ring (bicyclic) bond motifs is 3. The Bertz CT molecular complexity index is 805. The molecule has 4 rings (SSSR count). The summed E-state index contributed by atoms with van der Waals surface area (Å²) in [6.07, 6.45) is 3.35. The number of imidazole rings is 1. The van der Waals surface area contributed by atoms with Gasteiger partial charge in [0, 0.05) is 15.9 Å². The van der Waals surface area contributed by atoms with Gasteiger partial charge in [-0.15, -0.1) is 0 Å². The number of aromatic nitrogens is 2. The molecule has 0 spiro atoms. The number of nitrogens with zero attached hydrogens (tertiary/aromatic N) is 2. The van der Waals surface area contributed by atoms with Crippen molar-refractivity contribution in [3.05, 3.63) is 69.6 Å². The predicted octanol–water partition coefficient (Wildman–Crippen LogP) is 4.68. The van der Waals surface area contributed by atoms with Crippen LogP contribution in [-0.2, 0) is 12.8 Å². The lowest BCUT2D eigenvalue weighted by Crippen LogP contribution is -2.14. The molecule has 3 heteroatoms. The van der Waals surface area contributed by atoms with Gasteiger partial charge in [-0.25, -0.2) is 4.98 Å². The van der Waals surface area contributed by atoms with Crippen molar-refractivity contribution >= 4 is 21.6 Å². The summed E-state index contributed by atoms with van der Waals surface area (Å²) in [5, 5.41) is 0. The Kier molecular flexibility index (Phi) is 3.11. The summed E-state index contributed by atoms with van der Waals surface area (Å²) >= 11 is 3.64. The van der Waals surface area contributed by atoms with Gasteiger partial charge in [-0.3, -0.25) is 4.40 Å². The van der Waals surface area contributed by atoms with Gasteiger partial charge in [0.05, 0.1) is 5.69 Å². The molecule has 0 radical (unpaired) electrons. The fourth-order valence-corrected chi connectivity index (χ4v) is 3.76. The fourth-order valence-electron chi connectivity index (χ4n) is 3.45. The van der Waals surface area contributed by atoms with Crippen LogP contribution in [0.1, 0.15) is 35.0 Å². The van der Waals surface area contributed by atoms with E-state index in [1.54, 1.807) is 0 Å². The quantitative estimate of drug-likeness (QED) is 0.628. The Labute approximate surface area is 133 Å². The molecule has 1 aromatic carbocycles. The first-order chi connectivity index (χ1) is 10.2. The molecule has 0 saturated heterocycles. The first-order valence-corrected chi connectivity index (χ1v) is 8.23. The maximum Gasteiger partial charge on any atom is 0.137 e. The third-order valence-corrected chi connectivity index (χ3v) is 5.42. The summed E-state index contributed by atoms with van der Waals surface area (Å²) < 4.78 is 3.48. The number of hydrogen-bond acceptors (Lipinski definition) is 1. The van der Waals surface area contributed by atoms with Crippen molar-refractivity contribution in [2.24, 2.45) is 0 Å². The molecule has 1 unspecified atom stereocenters. The molecule has 2 heterocycles. The monoisotopic (exact) mass is 340 g/mol. The molecule has 0 N–H and O–H groups in total. The van der Waals surface area contributed by atoms with Gasteiger partial charge in [0.15, 0.2) is 0 Å². The molecule has 3 aromatic rings. The first kappa shape index (κ1) is 13.1. The summed E-state index contributed by atoms with van der Waals surface area (Å²) in [6, 6.07) is 15.1. The van der Waals surface area contributed by atoms with Crippen LogP contribution in [0, 0.1) is 6.92 Å². The number of hydrogen-bond donors (Lipinski definition) is 0. The summed E-state index contributed by atoms with van der Waals surface area (Å²) in [7, 11) is 0. The minimum Gasteiger partial charge on any atom is -0.300 e. The van der Waals surface area contributed by atoms with Crippen molar-refractivity contribution in [2.45, 2.75) is 32.1 Å². The Balaban J connectivity index is 1.83. The van der Waals surface area contributed by atoms with Crippen LogP contribution in [0.25, 0.3) is 5.65 Å². The fraction of sp³-hybridized carbons (Fsp3) is 0.278. The van der Waals surface area contributed by atoms with E-state index in [2.05, 4.69) is 69.7 Å². The molecule has 0 bridgehead atoms. The zero-order valence-corrected chi connectivity index (χ0v) is 13.6. The number of aryl methyl sites for hydroxylation is 2. The third kappa shape index (κ3) is 2.11. The van der Waals surface area contributed by atoms with Crippen molar-refractivity contribution in [2.75, 3.05) is 0 Å². The molecule has 21 heavy (non-hydrogen) atoms. The van der Waals surface area contributed by atoms with E-state index in [1.807, 2.05) is 0 Å². The number of pyridine rings is 1. The van der Waals surface area contributed by atoms with E-state index in [0.717, 1.165) is 23.0 Å². The smallest absolute Gasteiger partial charge is 0.137 e. The summed E-state index contributed by atoms with van der Waals surface area (Å²) in [5.41, 5.74) is 6.45. The maximum absolute atomic E-state index is 4.83. The van der Waals surface area contributed by atoms with Gasteiger partial charge >= 0.3 is 0 Å². The zero-order valence-electron chi connectivity index (χ0n) is 12.0. The van der Waals surface area contributed by atoms with E-state index < -0.39 is 0 Å². The Hall–Kier alpha value is -1.61. The minimum absolute atomic E-state index is 0.608. The molecule has 0 saturated carbocycles. The van der Waals surface area contributed by atoms with Crippen molar-refractivity contribution in [1.29, 1.82) is 0 Å². The Morgan fingerprint density at radius 2 is 1.95 bits per heavy atom.